The normalized spacial score (nSPS) is 15.5. The number of nitrogens with one attached hydrogen (secondary N) is 1. The molecule has 0 atom stereocenters. The van der Waals surface area contributed by atoms with Gasteiger partial charge in [0.2, 0.25) is 5.91 Å². The van der Waals surface area contributed by atoms with Gasteiger partial charge in [-0.05, 0) is 74.3 Å². The van der Waals surface area contributed by atoms with E-state index in [1.54, 1.807) is 54.6 Å². The van der Waals surface area contributed by atoms with Gasteiger partial charge in [0.05, 0.1) is 35.7 Å². The molecule has 2 aliphatic heterocycles. The molecule has 6 nitrogen and oxygen atoms in total. The molecule has 0 bridgehead atoms. The fourth-order valence-corrected chi connectivity index (χ4v) is 4.90. The first-order chi connectivity index (χ1) is 17.6. The molecule has 2 heterocycles. The van der Waals surface area contributed by atoms with Crippen molar-refractivity contribution in [1.82, 2.24) is 4.90 Å². The highest BCUT2D eigenvalue weighted by Crippen LogP contribution is 2.38. The van der Waals surface area contributed by atoms with Crippen molar-refractivity contribution in [3.63, 3.8) is 0 Å². The molecule has 1 saturated heterocycles. The molecule has 36 heavy (non-hydrogen) atoms. The molecule has 1 fully saturated rings. The van der Waals surface area contributed by atoms with Crippen molar-refractivity contribution in [2.24, 2.45) is 0 Å². The standard InChI is InChI=1S/C29H30FN3O3/c30-23-19-21(13-14-27(23)36-18-8-17-32-15-6-1-7-16-32)20-28(34)33-25-11-4-2-9-22(25)29(35)31-24-10-3-5-12-26(24)33/h2-5,9-14,19H,1,6-8,15-18,20H2,(H,31,35). The number of benzene rings is 3. The van der Waals surface area contributed by atoms with Gasteiger partial charge in [0, 0.05) is 6.54 Å². The number of hydrogen-bond acceptors (Lipinski definition) is 4. The van der Waals surface area contributed by atoms with Gasteiger partial charge >= 0.3 is 0 Å². The summed E-state index contributed by atoms with van der Waals surface area (Å²) in [6, 6.07) is 18.8. The predicted molar refractivity (Wildman–Crippen MR) is 138 cm³/mol. The minimum absolute atomic E-state index is 0.0248. The van der Waals surface area contributed by atoms with Crippen LogP contribution in [0, 0.1) is 5.82 Å². The van der Waals surface area contributed by atoms with Crippen molar-refractivity contribution in [3.05, 3.63) is 83.7 Å². The molecule has 2 aliphatic rings. The first kappa shape index (κ1) is 24.0. The molecule has 1 N–H and O–H groups in total. The number of carbonyl (C=O) groups excluding carboxylic acids is 2. The van der Waals surface area contributed by atoms with Crippen LogP contribution in [0.4, 0.5) is 21.5 Å². The summed E-state index contributed by atoms with van der Waals surface area (Å²) in [5, 5.41) is 2.88. The quantitative estimate of drug-likeness (QED) is 0.444. The smallest absolute Gasteiger partial charge is 0.257 e. The molecule has 3 aromatic carbocycles. The van der Waals surface area contributed by atoms with Crippen LogP contribution in [0.2, 0.25) is 0 Å². The Hall–Kier alpha value is -3.71. The van der Waals surface area contributed by atoms with Crippen LogP contribution < -0.4 is 15.0 Å². The van der Waals surface area contributed by atoms with Gasteiger partial charge < -0.3 is 15.0 Å². The van der Waals surface area contributed by atoms with Gasteiger partial charge in [-0.25, -0.2) is 4.39 Å². The summed E-state index contributed by atoms with van der Waals surface area (Å²) in [5.41, 5.74) is 2.57. The number of rotatable bonds is 7. The number of hydrogen-bond donors (Lipinski definition) is 1. The third-order valence-electron chi connectivity index (χ3n) is 6.71. The lowest BCUT2D eigenvalue weighted by atomic mass is 10.1. The largest absolute Gasteiger partial charge is 0.490 e. The van der Waals surface area contributed by atoms with Crippen LogP contribution >= 0.6 is 0 Å². The number of halogens is 1. The van der Waals surface area contributed by atoms with Crippen molar-refractivity contribution in [3.8, 4) is 5.75 Å². The van der Waals surface area contributed by atoms with Gasteiger partial charge in [-0.2, -0.15) is 0 Å². The summed E-state index contributed by atoms with van der Waals surface area (Å²) in [6.45, 7) is 3.68. The number of piperidine rings is 1. The van der Waals surface area contributed by atoms with Crippen molar-refractivity contribution in [2.75, 3.05) is 36.5 Å². The molecule has 7 heteroatoms. The molecule has 0 spiro atoms. The fraction of sp³-hybridized carbons (Fsp3) is 0.310. The summed E-state index contributed by atoms with van der Waals surface area (Å²) in [6.07, 6.45) is 4.62. The second-order valence-corrected chi connectivity index (χ2v) is 9.26. The molecule has 0 unspecified atom stereocenters. The predicted octanol–water partition coefficient (Wildman–Crippen LogP) is 5.55. The first-order valence-electron chi connectivity index (χ1n) is 12.6. The molecule has 3 aromatic rings. The summed E-state index contributed by atoms with van der Waals surface area (Å²) in [5.74, 6) is -0.820. The molecular weight excluding hydrogens is 457 g/mol. The number of para-hydroxylation sites is 3. The number of carbonyl (C=O) groups is 2. The van der Waals surface area contributed by atoms with Crippen LogP contribution in [0.3, 0.4) is 0 Å². The van der Waals surface area contributed by atoms with Crippen molar-refractivity contribution in [2.45, 2.75) is 32.1 Å². The monoisotopic (exact) mass is 487 g/mol. The van der Waals surface area contributed by atoms with Crippen LogP contribution in [0.25, 0.3) is 0 Å². The highest BCUT2D eigenvalue weighted by Gasteiger charge is 2.29. The Kier molecular flexibility index (Phi) is 7.28. The van der Waals surface area contributed by atoms with E-state index in [-0.39, 0.29) is 24.0 Å². The van der Waals surface area contributed by atoms with Crippen molar-refractivity contribution >= 4 is 28.9 Å². The van der Waals surface area contributed by atoms with Crippen LogP contribution in [-0.4, -0.2) is 43.0 Å². The van der Waals surface area contributed by atoms with Crippen LogP contribution in [0.15, 0.2) is 66.7 Å². The highest BCUT2D eigenvalue weighted by atomic mass is 19.1. The third-order valence-corrected chi connectivity index (χ3v) is 6.71. The van der Waals surface area contributed by atoms with E-state index >= 15 is 0 Å². The summed E-state index contributed by atoms with van der Waals surface area (Å²) in [7, 11) is 0. The van der Waals surface area contributed by atoms with Crippen LogP contribution in [-0.2, 0) is 11.2 Å². The van der Waals surface area contributed by atoms with E-state index in [1.165, 1.54) is 30.2 Å². The summed E-state index contributed by atoms with van der Waals surface area (Å²) in [4.78, 5) is 30.3. The summed E-state index contributed by atoms with van der Waals surface area (Å²) < 4.78 is 20.5. The number of nitrogens with zero attached hydrogens (tertiary/aromatic N) is 2. The Labute approximate surface area is 210 Å². The Balaban J connectivity index is 1.28. The second kappa shape index (κ2) is 10.9. The van der Waals surface area contributed by atoms with Gasteiger partial charge in [0.1, 0.15) is 0 Å². The van der Waals surface area contributed by atoms with E-state index in [2.05, 4.69) is 10.2 Å². The van der Waals surface area contributed by atoms with E-state index in [0.29, 0.717) is 34.8 Å². The zero-order valence-corrected chi connectivity index (χ0v) is 20.2. The lowest BCUT2D eigenvalue weighted by Gasteiger charge is -2.26. The molecule has 2 amide bonds. The topological polar surface area (TPSA) is 61.9 Å². The average Bonchev–Trinajstić information content (AvgIpc) is 3.02. The van der Waals surface area contributed by atoms with Gasteiger partial charge in [0.25, 0.3) is 5.91 Å². The molecule has 0 aromatic heterocycles. The van der Waals surface area contributed by atoms with E-state index < -0.39 is 5.82 Å². The molecular formula is C29H30FN3O3. The molecule has 0 aliphatic carbocycles. The van der Waals surface area contributed by atoms with Crippen molar-refractivity contribution < 1.29 is 18.7 Å². The summed E-state index contributed by atoms with van der Waals surface area (Å²) >= 11 is 0. The van der Waals surface area contributed by atoms with E-state index in [0.717, 1.165) is 26.1 Å². The van der Waals surface area contributed by atoms with Gasteiger partial charge in [-0.15, -0.1) is 0 Å². The van der Waals surface area contributed by atoms with E-state index in [1.807, 2.05) is 6.07 Å². The Morgan fingerprint density at radius 2 is 1.69 bits per heavy atom. The Bertz CT molecular complexity index is 1260. The van der Waals surface area contributed by atoms with Gasteiger partial charge in [-0.3, -0.25) is 14.5 Å². The molecule has 5 rings (SSSR count). The SMILES string of the molecule is O=C1Nc2ccccc2N(C(=O)Cc2ccc(OCCCN3CCCCC3)c(F)c2)c2ccccc21. The van der Waals surface area contributed by atoms with Crippen LogP contribution in [0.5, 0.6) is 5.75 Å². The maximum absolute atomic E-state index is 14.8. The Morgan fingerprint density at radius 3 is 2.50 bits per heavy atom. The second-order valence-electron chi connectivity index (χ2n) is 9.26. The zero-order chi connectivity index (χ0) is 24.9. The molecule has 0 saturated carbocycles. The first-order valence-corrected chi connectivity index (χ1v) is 12.6. The number of amides is 2. The maximum Gasteiger partial charge on any atom is 0.257 e. The lowest BCUT2D eigenvalue weighted by molar-refractivity contribution is -0.117. The minimum Gasteiger partial charge on any atom is -0.490 e. The van der Waals surface area contributed by atoms with E-state index in [4.69, 9.17) is 4.74 Å². The number of fused-ring (bicyclic) bond motifs is 2. The Morgan fingerprint density at radius 1 is 0.944 bits per heavy atom. The average molecular weight is 488 g/mol. The zero-order valence-electron chi connectivity index (χ0n) is 20.2. The highest BCUT2D eigenvalue weighted by molar-refractivity contribution is 6.17. The van der Waals surface area contributed by atoms with E-state index in [9.17, 15) is 14.0 Å². The third kappa shape index (κ3) is 5.26. The van der Waals surface area contributed by atoms with Gasteiger partial charge in [0.15, 0.2) is 11.6 Å². The molecule has 0 radical (unpaired) electrons. The number of anilines is 3. The molecule has 186 valence electrons. The number of ether oxygens (including phenoxy) is 1. The fourth-order valence-electron chi connectivity index (χ4n) is 4.90. The van der Waals surface area contributed by atoms with Crippen molar-refractivity contribution in [1.29, 1.82) is 0 Å². The lowest BCUT2D eigenvalue weighted by Crippen LogP contribution is -2.31. The number of likely N-dealkylation sites (tertiary alicyclic amines) is 1. The van der Waals surface area contributed by atoms with Crippen LogP contribution in [0.1, 0.15) is 41.6 Å². The maximum atomic E-state index is 14.8. The minimum atomic E-state index is -0.480. The van der Waals surface area contributed by atoms with Gasteiger partial charge in [-0.1, -0.05) is 36.8 Å².